The molecular formula is C15H24N2O6S. The molecule has 1 fully saturated rings. The summed E-state index contributed by atoms with van der Waals surface area (Å²) in [5, 5.41) is 11.8. The Morgan fingerprint density at radius 3 is 2.29 bits per heavy atom. The summed E-state index contributed by atoms with van der Waals surface area (Å²) >= 11 is 0. The summed E-state index contributed by atoms with van der Waals surface area (Å²) in [7, 11) is 0.464. The van der Waals surface area contributed by atoms with Crippen molar-refractivity contribution in [1.82, 2.24) is 4.90 Å². The number of nitrogens with zero attached hydrogens (tertiary/aromatic N) is 2. The Morgan fingerprint density at radius 2 is 1.75 bits per heavy atom. The van der Waals surface area contributed by atoms with Gasteiger partial charge in [0, 0.05) is 32.2 Å². The average Bonchev–Trinajstić information content (AvgIpc) is 2.55. The Morgan fingerprint density at radius 1 is 1.12 bits per heavy atom. The summed E-state index contributed by atoms with van der Waals surface area (Å²) in [4.78, 5) is 4.07. The van der Waals surface area contributed by atoms with Crippen LogP contribution in [0.4, 0.5) is 5.69 Å². The molecular weight excluding hydrogens is 336 g/mol. The molecule has 1 aromatic rings. The maximum Gasteiger partial charge on any atom is 0.142 e. The number of anilines is 1. The number of ether oxygens (including phenoxy) is 2. The molecule has 0 spiro atoms. The lowest BCUT2D eigenvalue weighted by Crippen LogP contribution is -2.46. The van der Waals surface area contributed by atoms with Crippen molar-refractivity contribution in [2.24, 2.45) is 0 Å². The van der Waals surface area contributed by atoms with E-state index in [1.54, 1.807) is 14.2 Å². The van der Waals surface area contributed by atoms with E-state index in [0.29, 0.717) is 26.2 Å². The highest BCUT2D eigenvalue weighted by atomic mass is 32.2. The molecule has 1 aliphatic heterocycles. The van der Waals surface area contributed by atoms with Crippen molar-refractivity contribution >= 4 is 26.8 Å². The fourth-order valence-electron chi connectivity index (χ4n) is 2.65. The van der Waals surface area contributed by atoms with Crippen LogP contribution in [0.3, 0.4) is 0 Å². The third-order valence-corrected chi connectivity index (χ3v) is 4.74. The second-order valence-corrected chi connectivity index (χ2v) is 7.18. The van der Waals surface area contributed by atoms with E-state index in [4.69, 9.17) is 14.7 Å². The Bertz CT molecular complexity index is 679. The average molecular weight is 360 g/mol. The van der Waals surface area contributed by atoms with Crippen LogP contribution in [-0.2, 0) is 9.37 Å². The van der Waals surface area contributed by atoms with Crippen molar-refractivity contribution in [3.63, 3.8) is 0 Å². The molecule has 24 heavy (non-hydrogen) atoms. The van der Waals surface area contributed by atoms with Gasteiger partial charge < -0.3 is 18.9 Å². The lowest BCUT2D eigenvalue weighted by Gasteiger charge is -2.35. The predicted molar refractivity (Wildman–Crippen MR) is 96.3 cm³/mol. The summed E-state index contributed by atoms with van der Waals surface area (Å²) in [6.07, 6.45) is 0. The minimum absolute atomic E-state index is 0.652. The van der Waals surface area contributed by atoms with Gasteiger partial charge in [-0.3, -0.25) is 4.90 Å². The predicted octanol–water partition coefficient (Wildman–Crippen LogP) is 1.94. The molecule has 1 aliphatic rings. The van der Waals surface area contributed by atoms with E-state index < -0.39 is 9.77 Å². The van der Waals surface area contributed by atoms with Gasteiger partial charge in [0.05, 0.1) is 35.2 Å². The molecule has 1 aromatic carbocycles. The smallest absolute Gasteiger partial charge is 0.142 e. The van der Waals surface area contributed by atoms with Crippen LogP contribution in [-0.4, -0.2) is 66.5 Å². The minimum atomic E-state index is -2.83. The normalized spacial score (nSPS) is 18.1. The fraction of sp³-hybridized carbons (Fsp3) is 0.467. The molecule has 0 aliphatic carbocycles. The molecule has 0 amide bonds. The number of hydrogen-bond donors (Lipinski definition) is 2. The highest BCUT2D eigenvalue weighted by molar-refractivity contribution is 8.19. The van der Waals surface area contributed by atoms with Gasteiger partial charge in [0.15, 0.2) is 0 Å². The Labute approximate surface area is 142 Å². The Balaban J connectivity index is 2.14. The minimum Gasteiger partial charge on any atom is -0.496 e. The van der Waals surface area contributed by atoms with Gasteiger partial charge in [-0.1, -0.05) is 5.04 Å². The molecule has 0 radical (unpaired) electrons. The van der Waals surface area contributed by atoms with Gasteiger partial charge in [-0.25, -0.2) is 5.26 Å². The van der Waals surface area contributed by atoms with Crippen LogP contribution in [0.2, 0.25) is 0 Å². The summed E-state index contributed by atoms with van der Waals surface area (Å²) in [6, 6.07) is 3.93. The van der Waals surface area contributed by atoms with Crippen LogP contribution in [0.15, 0.2) is 12.1 Å². The topological polar surface area (TPSA) is 83.9 Å². The number of benzene rings is 1. The number of aryl methyl sites for hydroxylation is 1. The maximum atomic E-state index is 9.85. The first kappa shape index (κ1) is 18.8. The second kappa shape index (κ2) is 8.06. The molecule has 0 saturated carbocycles. The van der Waals surface area contributed by atoms with Gasteiger partial charge in [0.1, 0.15) is 11.5 Å². The van der Waals surface area contributed by atoms with Crippen LogP contribution in [0.25, 0.3) is 0 Å². The van der Waals surface area contributed by atoms with Crippen molar-refractivity contribution in [3.05, 3.63) is 17.7 Å². The summed E-state index contributed by atoms with van der Waals surface area (Å²) in [6.45, 7) is 4.71. The van der Waals surface area contributed by atoms with Gasteiger partial charge in [-0.15, -0.1) is 4.33 Å². The van der Waals surface area contributed by atoms with Gasteiger partial charge in [0.25, 0.3) is 0 Å². The molecule has 8 nitrogen and oxygen atoms in total. The highest BCUT2D eigenvalue weighted by Gasteiger charge is 2.21. The highest BCUT2D eigenvalue weighted by Crippen LogP contribution is 2.35. The molecule has 9 heteroatoms. The van der Waals surface area contributed by atoms with Crippen LogP contribution >= 0.6 is 9.77 Å². The van der Waals surface area contributed by atoms with Gasteiger partial charge in [-0.05, 0) is 24.4 Å². The molecule has 1 saturated heterocycles. The van der Waals surface area contributed by atoms with Crippen molar-refractivity contribution < 1.29 is 28.7 Å². The molecule has 136 valence electrons. The molecule has 0 aromatic heterocycles. The van der Waals surface area contributed by atoms with Gasteiger partial charge >= 0.3 is 0 Å². The second-order valence-electron chi connectivity index (χ2n) is 5.45. The van der Waals surface area contributed by atoms with Crippen molar-refractivity contribution in [3.8, 4) is 11.5 Å². The lowest BCUT2D eigenvalue weighted by atomic mass is 10.1. The van der Waals surface area contributed by atoms with Crippen molar-refractivity contribution in [2.45, 2.75) is 6.92 Å². The van der Waals surface area contributed by atoms with Crippen LogP contribution in [0.5, 0.6) is 11.5 Å². The van der Waals surface area contributed by atoms with Gasteiger partial charge in [0.2, 0.25) is 0 Å². The SMILES string of the molecule is C=S(O)(=CN1CCN(c2cc(OC)c(C)cc2OC)CC1)OOO. The summed E-state index contributed by atoms with van der Waals surface area (Å²) < 4.78 is 25.1. The van der Waals surface area contributed by atoms with Crippen molar-refractivity contribution in [2.75, 3.05) is 45.3 Å². The zero-order valence-corrected chi connectivity index (χ0v) is 14.9. The summed E-state index contributed by atoms with van der Waals surface area (Å²) in [5.41, 5.74) is 3.43. The first-order valence-electron chi connectivity index (χ1n) is 7.35. The monoisotopic (exact) mass is 360 g/mol. The van der Waals surface area contributed by atoms with E-state index in [-0.39, 0.29) is 0 Å². The summed E-state index contributed by atoms with van der Waals surface area (Å²) in [5.74, 6) is 5.08. The molecule has 2 N–H and O–H groups in total. The van der Waals surface area contributed by atoms with E-state index in [1.807, 2.05) is 24.0 Å². The third kappa shape index (κ3) is 4.53. The number of methoxy groups -OCH3 is 2. The fourth-order valence-corrected chi connectivity index (χ4v) is 3.47. The van der Waals surface area contributed by atoms with E-state index in [9.17, 15) is 4.55 Å². The van der Waals surface area contributed by atoms with E-state index >= 15 is 0 Å². The molecule has 0 bridgehead atoms. The maximum absolute atomic E-state index is 9.85. The standard InChI is InChI=1S/C15H24N2O6S/c1-12-9-15(21-3)13(10-14(12)20-2)17-7-5-16(6-8-17)11-24(4,19)23-22-18/h9-11,18-19H,4-8H2,1-3H3. The van der Waals surface area contributed by atoms with Crippen LogP contribution < -0.4 is 14.4 Å². The first-order valence-corrected chi connectivity index (χ1v) is 9.10. The van der Waals surface area contributed by atoms with E-state index in [1.165, 1.54) is 5.49 Å². The largest absolute Gasteiger partial charge is 0.496 e. The third-order valence-electron chi connectivity index (χ3n) is 3.81. The Kier molecular flexibility index (Phi) is 6.33. The van der Waals surface area contributed by atoms with E-state index in [0.717, 1.165) is 22.7 Å². The van der Waals surface area contributed by atoms with Crippen molar-refractivity contribution in [1.29, 1.82) is 0 Å². The lowest BCUT2D eigenvalue weighted by molar-refractivity contribution is -0.434. The zero-order chi connectivity index (χ0) is 17.7. The van der Waals surface area contributed by atoms with Crippen LogP contribution in [0, 0.1) is 6.92 Å². The number of hydrogen-bond acceptors (Lipinski definition) is 7. The Hall–Kier alpha value is -1.49. The van der Waals surface area contributed by atoms with Crippen LogP contribution in [0.1, 0.15) is 5.56 Å². The van der Waals surface area contributed by atoms with Gasteiger partial charge in [-0.2, -0.15) is 0 Å². The molecule has 1 atom stereocenters. The number of rotatable bonds is 6. The molecule has 2 rings (SSSR count). The molecule has 1 heterocycles. The zero-order valence-electron chi connectivity index (χ0n) is 14.1. The molecule has 1 unspecified atom stereocenters. The number of piperazine rings is 1. The van der Waals surface area contributed by atoms with E-state index in [2.05, 4.69) is 20.1 Å². The quantitative estimate of drug-likeness (QED) is 0.452. The first-order chi connectivity index (χ1) is 11.4.